The van der Waals surface area contributed by atoms with Crippen molar-refractivity contribution in [3.63, 3.8) is 0 Å². The maximum Gasteiger partial charge on any atom is 0.239 e. The van der Waals surface area contributed by atoms with Crippen LogP contribution in [0.1, 0.15) is 24.8 Å². The van der Waals surface area contributed by atoms with Gasteiger partial charge in [-0.15, -0.1) is 16.4 Å². The van der Waals surface area contributed by atoms with Gasteiger partial charge in [0.2, 0.25) is 5.91 Å². The molecule has 1 saturated heterocycles. The number of para-hydroxylation sites is 1. The van der Waals surface area contributed by atoms with Gasteiger partial charge in [-0.3, -0.25) is 9.69 Å². The molecule has 4 rings (SSSR count). The Morgan fingerprint density at radius 3 is 2.87 bits per heavy atom. The van der Waals surface area contributed by atoms with Crippen LogP contribution in [0.4, 0.5) is 5.82 Å². The molecule has 2 aromatic heterocycles. The quantitative estimate of drug-likeness (QED) is 0.581. The van der Waals surface area contributed by atoms with E-state index < -0.39 is 0 Å². The zero-order valence-corrected chi connectivity index (χ0v) is 18.5. The Kier molecular flexibility index (Phi) is 6.24. The molecule has 0 radical (unpaired) electrons. The minimum Gasteiger partial charge on any atom is -0.351 e. The molecule has 158 valence electrons. The molecular formula is C22H28N6OS. The van der Waals surface area contributed by atoms with E-state index in [2.05, 4.69) is 31.0 Å². The van der Waals surface area contributed by atoms with Crippen LogP contribution in [-0.2, 0) is 11.3 Å². The number of hydrogen-bond donors (Lipinski definition) is 0. The van der Waals surface area contributed by atoms with Gasteiger partial charge < -0.3 is 9.80 Å². The lowest BCUT2D eigenvalue weighted by Gasteiger charge is -2.33. The molecular weight excluding hydrogens is 396 g/mol. The van der Waals surface area contributed by atoms with Crippen LogP contribution in [0.3, 0.4) is 0 Å². The molecule has 3 heterocycles. The van der Waals surface area contributed by atoms with Crippen LogP contribution in [0.15, 0.2) is 42.6 Å². The largest absolute Gasteiger partial charge is 0.351 e. The highest BCUT2D eigenvalue weighted by Gasteiger charge is 2.30. The summed E-state index contributed by atoms with van der Waals surface area (Å²) < 4.78 is 1.16. The molecule has 0 bridgehead atoms. The number of likely N-dealkylation sites (N-methyl/N-ethyl adjacent to an activating group) is 2. The zero-order chi connectivity index (χ0) is 21.1. The highest BCUT2D eigenvalue weighted by atomic mass is 32.1. The first-order valence-corrected chi connectivity index (χ1v) is 11.2. The van der Waals surface area contributed by atoms with Crippen molar-refractivity contribution in [2.45, 2.75) is 38.4 Å². The Bertz CT molecular complexity index is 960. The Hall–Kier alpha value is -2.58. The van der Waals surface area contributed by atoms with Crippen LogP contribution in [0, 0.1) is 0 Å². The molecule has 0 N–H and O–H groups in total. The van der Waals surface area contributed by atoms with Crippen molar-refractivity contribution in [3.05, 3.63) is 47.6 Å². The van der Waals surface area contributed by atoms with Crippen molar-refractivity contribution in [3.8, 4) is 0 Å². The van der Waals surface area contributed by atoms with Crippen molar-refractivity contribution in [2.75, 3.05) is 32.1 Å². The number of hydrogen-bond acceptors (Lipinski definition) is 7. The summed E-state index contributed by atoms with van der Waals surface area (Å²) in [5.74, 6) is 1.03. The van der Waals surface area contributed by atoms with E-state index in [0.29, 0.717) is 12.6 Å². The van der Waals surface area contributed by atoms with E-state index in [1.807, 2.05) is 51.4 Å². The van der Waals surface area contributed by atoms with E-state index >= 15 is 0 Å². The summed E-state index contributed by atoms with van der Waals surface area (Å²) in [6.45, 7) is 4.32. The number of rotatable bonds is 7. The SMILES string of the molecule is CC(C(=O)N(C)Cc1nc2ccccc2s1)N(C)CC1CCCN1c1cccnn1. The first-order valence-electron chi connectivity index (χ1n) is 10.4. The molecule has 1 amide bonds. The van der Waals surface area contributed by atoms with Crippen molar-refractivity contribution >= 4 is 33.3 Å². The zero-order valence-electron chi connectivity index (χ0n) is 17.7. The maximum atomic E-state index is 13.1. The first kappa shape index (κ1) is 20.7. The van der Waals surface area contributed by atoms with Gasteiger partial charge in [0, 0.05) is 32.4 Å². The number of thiazole rings is 1. The normalized spacial score (nSPS) is 17.6. The molecule has 3 aromatic rings. The summed E-state index contributed by atoms with van der Waals surface area (Å²) in [6, 6.07) is 12.2. The lowest BCUT2D eigenvalue weighted by Crippen LogP contribution is -2.48. The summed E-state index contributed by atoms with van der Waals surface area (Å²) >= 11 is 1.65. The van der Waals surface area contributed by atoms with Crippen molar-refractivity contribution in [1.82, 2.24) is 25.0 Å². The predicted octanol–water partition coefficient (Wildman–Crippen LogP) is 3.03. The minimum absolute atomic E-state index is 0.112. The van der Waals surface area contributed by atoms with Gasteiger partial charge in [0.25, 0.3) is 0 Å². The van der Waals surface area contributed by atoms with Crippen molar-refractivity contribution in [1.29, 1.82) is 0 Å². The van der Waals surface area contributed by atoms with E-state index in [9.17, 15) is 4.79 Å². The minimum atomic E-state index is -0.200. The Morgan fingerprint density at radius 2 is 2.10 bits per heavy atom. The Labute approximate surface area is 181 Å². The third kappa shape index (κ3) is 4.44. The van der Waals surface area contributed by atoms with Gasteiger partial charge in [0.05, 0.1) is 22.8 Å². The third-order valence-electron chi connectivity index (χ3n) is 5.83. The van der Waals surface area contributed by atoms with Gasteiger partial charge in [-0.05, 0) is 51.1 Å². The van der Waals surface area contributed by atoms with Crippen LogP contribution in [-0.4, -0.2) is 70.2 Å². The Morgan fingerprint density at radius 1 is 1.27 bits per heavy atom. The van der Waals surface area contributed by atoms with Crippen LogP contribution >= 0.6 is 11.3 Å². The highest BCUT2D eigenvalue weighted by Crippen LogP contribution is 2.25. The molecule has 1 aromatic carbocycles. The molecule has 1 aliphatic heterocycles. The van der Waals surface area contributed by atoms with Crippen LogP contribution in [0.5, 0.6) is 0 Å². The molecule has 0 aliphatic carbocycles. The maximum absolute atomic E-state index is 13.1. The molecule has 7 nitrogen and oxygen atoms in total. The van der Waals surface area contributed by atoms with Crippen LogP contribution in [0.2, 0.25) is 0 Å². The van der Waals surface area contributed by atoms with E-state index in [1.54, 1.807) is 22.4 Å². The second kappa shape index (κ2) is 9.06. The smallest absolute Gasteiger partial charge is 0.239 e. The summed E-state index contributed by atoms with van der Waals surface area (Å²) in [5.41, 5.74) is 0.994. The standard InChI is InChI=1S/C22H28N6OS/c1-16(22(29)27(3)15-21-24-18-9-4-5-10-19(18)30-21)26(2)14-17-8-7-13-28(17)20-11-6-12-23-25-20/h4-6,9-12,16-17H,7-8,13-15H2,1-3H3. The number of anilines is 1. The number of fused-ring (bicyclic) bond motifs is 1. The van der Waals surface area contributed by atoms with Crippen LogP contribution < -0.4 is 4.90 Å². The summed E-state index contributed by atoms with van der Waals surface area (Å²) in [7, 11) is 3.89. The second-order valence-corrected chi connectivity index (χ2v) is 9.07. The van der Waals surface area contributed by atoms with E-state index in [-0.39, 0.29) is 11.9 Å². The molecule has 2 unspecified atom stereocenters. The fourth-order valence-electron chi connectivity index (χ4n) is 4.04. The van der Waals surface area contributed by atoms with Gasteiger partial charge in [0.15, 0.2) is 5.82 Å². The van der Waals surface area contributed by atoms with Crippen LogP contribution in [0.25, 0.3) is 10.2 Å². The van der Waals surface area contributed by atoms with E-state index in [0.717, 1.165) is 47.0 Å². The fraction of sp³-hybridized carbons (Fsp3) is 0.455. The van der Waals surface area contributed by atoms with Crippen molar-refractivity contribution in [2.24, 2.45) is 0 Å². The van der Waals surface area contributed by atoms with Gasteiger partial charge in [-0.1, -0.05) is 12.1 Å². The summed E-state index contributed by atoms with van der Waals surface area (Å²) in [5, 5.41) is 9.25. The average molecular weight is 425 g/mol. The first-order chi connectivity index (χ1) is 14.5. The van der Waals surface area contributed by atoms with E-state index in [1.165, 1.54) is 0 Å². The molecule has 2 atom stereocenters. The predicted molar refractivity (Wildman–Crippen MR) is 121 cm³/mol. The fourth-order valence-corrected chi connectivity index (χ4v) is 5.06. The topological polar surface area (TPSA) is 65.5 Å². The molecule has 8 heteroatoms. The highest BCUT2D eigenvalue weighted by molar-refractivity contribution is 7.18. The number of carbonyl (C=O) groups is 1. The number of amides is 1. The number of benzene rings is 1. The number of carbonyl (C=O) groups excluding carboxylic acids is 1. The average Bonchev–Trinajstić information content (AvgIpc) is 3.39. The molecule has 30 heavy (non-hydrogen) atoms. The van der Waals surface area contributed by atoms with Gasteiger partial charge in [-0.2, -0.15) is 5.10 Å². The summed E-state index contributed by atoms with van der Waals surface area (Å²) in [4.78, 5) is 24.0. The Balaban J connectivity index is 1.36. The lowest BCUT2D eigenvalue weighted by molar-refractivity contribution is -0.135. The number of aromatic nitrogens is 3. The molecule has 1 fully saturated rings. The van der Waals surface area contributed by atoms with Gasteiger partial charge in [0.1, 0.15) is 5.01 Å². The molecule has 1 aliphatic rings. The third-order valence-corrected chi connectivity index (χ3v) is 6.85. The van der Waals surface area contributed by atoms with Gasteiger partial charge in [-0.25, -0.2) is 4.98 Å². The lowest BCUT2D eigenvalue weighted by atomic mass is 10.1. The number of nitrogens with zero attached hydrogens (tertiary/aromatic N) is 6. The second-order valence-electron chi connectivity index (χ2n) is 7.96. The van der Waals surface area contributed by atoms with Gasteiger partial charge >= 0.3 is 0 Å². The molecule has 0 spiro atoms. The van der Waals surface area contributed by atoms with Crippen molar-refractivity contribution < 1.29 is 4.79 Å². The summed E-state index contributed by atoms with van der Waals surface area (Å²) in [6.07, 6.45) is 3.93. The molecule has 0 saturated carbocycles. The monoisotopic (exact) mass is 424 g/mol. The van der Waals surface area contributed by atoms with E-state index in [4.69, 9.17) is 0 Å².